The van der Waals surface area contributed by atoms with Crippen LogP contribution in [0.2, 0.25) is 10.0 Å². The lowest BCUT2D eigenvalue weighted by atomic mass is 10.1. The minimum absolute atomic E-state index is 0.0507. The first kappa shape index (κ1) is 18.0. The van der Waals surface area contributed by atoms with Crippen molar-refractivity contribution in [1.82, 2.24) is 20.3 Å². The third-order valence-electron chi connectivity index (χ3n) is 3.77. The lowest BCUT2D eigenvalue weighted by molar-refractivity contribution is 0.314. The second-order valence-electron chi connectivity index (χ2n) is 5.61. The van der Waals surface area contributed by atoms with Crippen molar-refractivity contribution < 1.29 is 9.74 Å². The van der Waals surface area contributed by atoms with Gasteiger partial charge in [0.15, 0.2) is 5.82 Å². The van der Waals surface area contributed by atoms with Gasteiger partial charge in [0, 0.05) is 11.3 Å². The van der Waals surface area contributed by atoms with E-state index in [0.717, 1.165) is 0 Å². The van der Waals surface area contributed by atoms with Gasteiger partial charge in [0.25, 0.3) is 0 Å². The van der Waals surface area contributed by atoms with Crippen molar-refractivity contribution in [3.05, 3.63) is 63.8 Å². The van der Waals surface area contributed by atoms with Crippen LogP contribution in [0.5, 0.6) is 5.75 Å². The summed E-state index contributed by atoms with van der Waals surface area (Å²) in [7, 11) is 0. The number of nitrogens with one attached hydrogen (secondary N) is 1. The van der Waals surface area contributed by atoms with Crippen LogP contribution in [-0.2, 0) is 0 Å². The van der Waals surface area contributed by atoms with Gasteiger partial charge >= 0.3 is 0 Å². The number of hydrogen-bond acceptors (Lipinski definition) is 9. The Balaban J connectivity index is 1.86. The highest BCUT2D eigenvalue weighted by molar-refractivity contribution is 6.42. The lowest BCUT2D eigenvalue weighted by Gasteiger charge is -2.12. The maximum atomic E-state index is 9.79. The molecule has 0 saturated carbocycles. The van der Waals surface area contributed by atoms with E-state index in [1.54, 1.807) is 30.3 Å². The van der Waals surface area contributed by atoms with Gasteiger partial charge in [-0.15, -0.1) is 0 Å². The standard InChI is InChI=1S/C17H11Cl2N7O2/c18-11-5-4-9(7-12(11)19)21-15-14(22-16-17(23-15)26-28-25-16)13(24-20)8-2-1-3-10(27)6-8/h1-7,27H,20H2,(H,21,23,26). The first-order valence-electron chi connectivity index (χ1n) is 7.85. The van der Waals surface area contributed by atoms with Crippen molar-refractivity contribution in [2.24, 2.45) is 10.9 Å². The number of halogens is 2. The Morgan fingerprint density at radius 2 is 1.82 bits per heavy atom. The van der Waals surface area contributed by atoms with Gasteiger partial charge < -0.3 is 16.3 Å². The van der Waals surface area contributed by atoms with Gasteiger partial charge in [-0.3, -0.25) is 0 Å². The van der Waals surface area contributed by atoms with Gasteiger partial charge in [-0.25, -0.2) is 14.6 Å². The van der Waals surface area contributed by atoms with Crippen molar-refractivity contribution in [3.8, 4) is 5.75 Å². The molecule has 0 amide bonds. The van der Waals surface area contributed by atoms with Crippen LogP contribution in [0.25, 0.3) is 11.3 Å². The van der Waals surface area contributed by atoms with E-state index >= 15 is 0 Å². The Morgan fingerprint density at radius 1 is 1.04 bits per heavy atom. The molecule has 0 bridgehead atoms. The number of phenolic OH excluding ortho intramolecular Hbond substituents is 1. The number of hydrazone groups is 1. The van der Waals surface area contributed by atoms with Gasteiger partial charge in [-0.2, -0.15) is 5.10 Å². The molecule has 140 valence electrons. The number of aromatic nitrogens is 4. The number of anilines is 2. The predicted molar refractivity (Wildman–Crippen MR) is 105 cm³/mol. The fourth-order valence-electron chi connectivity index (χ4n) is 2.53. The molecule has 4 aromatic rings. The molecule has 2 heterocycles. The molecule has 2 aromatic carbocycles. The molecule has 28 heavy (non-hydrogen) atoms. The molecule has 0 aliphatic rings. The van der Waals surface area contributed by atoms with Crippen molar-refractivity contribution >= 4 is 51.7 Å². The number of hydrogen-bond donors (Lipinski definition) is 3. The molecule has 0 saturated heterocycles. The number of rotatable bonds is 4. The minimum Gasteiger partial charge on any atom is -0.508 e. The maximum absolute atomic E-state index is 9.79. The number of benzene rings is 2. The molecule has 4 rings (SSSR count). The van der Waals surface area contributed by atoms with Crippen LogP contribution in [0, 0.1) is 0 Å². The van der Waals surface area contributed by atoms with Crippen molar-refractivity contribution in [2.75, 3.05) is 5.32 Å². The fourth-order valence-corrected chi connectivity index (χ4v) is 2.82. The number of fused-ring (bicyclic) bond motifs is 1. The molecular formula is C17H11Cl2N7O2. The fraction of sp³-hybridized carbons (Fsp3) is 0. The summed E-state index contributed by atoms with van der Waals surface area (Å²) < 4.78 is 4.70. The van der Waals surface area contributed by atoms with Gasteiger partial charge in [-0.05, 0) is 40.6 Å². The topological polar surface area (TPSA) is 135 Å². The van der Waals surface area contributed by atoms with E-state index in [4.69, 9.17) is 33.7 Å². The number of nitrogens with two attached hydrogens (primary N) is 1. The summed E-state index contributed by atoms with van der Waals surface area (Å²) >= 11 is 12.1. The molecule has 4 N–H and O–H groups in total. The van der Waals surface area contributed by atoms with Gasteiger partial charge in [0.2, 0.25) is 11.3 Å². The average Bonchev–Trinajstić information content (AvgIpc) is 3.13. The highest BCUT2D eigenvalue weighted by atomic mass is 35.5. The number of nitrogens with zero attached hydrogens (tertiary/aromatic N) is 5. The summed E-state index contributed by atoms with van der Waals surface area (Å²) in [5, 5.41) is 24.9. The Bertz CT molecular complexity index is 1210. The van der Waals surface area contributed by atoms with Crippen molar-refractivity contribution in [3.63, 3.8) is 0 Å². The SMILES string of the molecule is NN=C(c1cccc(O)c1)c1nc2nonc2nc1Nc1ccc(Cl)c(Cl)c1. The Kier molecular flexibility index (Phi) is 4.68. The molecule has 0 aliphatic heterocycles. The van der Waals surface area contributed by atoms with Crippen molar-refractivity contribution in [2.45, 2.75) is 0 Å². The minimum atomic E-state index is 0.0507. The van der Waals surface area contributed by atoms with Gasteiger partial charge in [0.05, 0.1) is 10.0 Å². The highest BCUT2D eigenvalue weighted by Crippen LogP contribution is 2.28. The van der Waals surface area contributed by atoms with E-state index in [0.29, 0.717) is 21.3 Å². The van der Waals surface area contributed by atoms with Crippen LogP contribution in [0.3, 0.4) is 0 Å². The zero-order chi connectivity index (χ0) is 19.7. The zero-order valence-corrected chi connectivity index (χ0v) is 15.5. The summed E-state index contributed by atoms with van der Waals surface area (Å²) in [4.78, 5) is 8.79. The Hall–Kier alpha value is -3.43. The van der Waals surface area contributed by atoms with Gasteiger partial charge in [0.1, 0.15) is 17.2 Å². The highest BCUT2D eigenvalue weighted by Gasteiger charge is 2.20. The van der Waals surface area contributed by atoms with E-state index in [1.165, 1.54) is 12.1 Å². The molecule has 0 fully saturated rings. The molecule has 0 spiro atoms. The number of aromatic hydroxyl groups is 1. The van der Waals surface area contributed by atoms with Crippen molar-refractivity contribution in [1.29, 1.82) is 0 Å². The van der Waals surface area contributed by atoms with Crippen LogP contribution in [0.1, 0.15) is 11.3 Å². The predicted octanol–water partition coefficient (Wildman–Crippen LogP) is 3.48. The first-order valence-corrected chi connectivity index (χ1v) is 8.61. The zero-order valence-electron chi connectivity index (χ0n) is 14.0. The summed E-state index contributed by atoms with van der Waals surface area (Å²) in [6, 6.07) is 11.4. The summed E-state index contributed by atoms with van der Waals surface area (Å²) in [5.41, 5.74) is 2.06. The quantitative estimate of drug-likeness (QED) is 0.261. The molecule has 11 heteroatoms. The second-order valence-corrected chi connectivity index (χ2v) is 6.43. The van der Waals surface area contributed by atoms with Crippen LogP contribution in [-0.4, -0.2) is 31.1 Å². The molecule has 0 atom stereocenters. The molecule has 0 unspecified atom stereocenters. The van der Waals surface area contributed by atoms with Crippen LogP contribution >= 0.6 is 23.2 Å². The summed E-state index contributed by atoms with van der Waals surface area (Å²) in [5.74, 6) is 5.96. The second kappa shape index (κ2) is 7.29. The number of phenols is 1. The average molecular weight is 416 g/mol. The van der Waals surface area contributed by atoms with Gasteiger partial charge in [-0.1, -0.05) is 35.3 Å². The molecule has 2 aromatic heterocycles. The van der Waals surface area contributed by atoms with E-state index < -0.39 is 0 Å². The van der Waals surface area contributed by atoms with E-state index in [9.17, 15) is 5.11 Å². The van der Waals surface area contributed by atoms with E-state index in [-0.39, 0.29) is 34.3 Å². The normalized spacial score (nSPS) is 11.7. The molecular weight excluding hydrogens is 405 g/mol. The van der Waals surface area contributed by atoms with E-state index in [2.05, 4.69) is 30.7 Å². The first-order chi connectivity index (χ1) is 13.5. The van der Waals surface area contributed by atoms with E-state index in [1.807, 2.05) is 0 Å². The third kappa shape index (κ3) is 3.40. The molecule has 9 nitrogen and oxygen atoms in total. The largest absolute Gasteiger partial charge is 0.508 e. The van der Waals surface area contributed by atoms with Crippen LogP contribution in [0.15, 0.2) is 52.2 Å². The Labute approximate surface area is 167 Å². The third-order valence-corrected chi connectivity index (χ3v) is 4.51. The Morgan fingerprint density at radius 3 is 2.54 bits per heavy atom. The summed E-state index contributed by atoms with van der Waals surface area (Å²) in [6.45, 7) is 0. The molecule has 0 aliphatic carbocycles. The molecule has 0 radical (unpaired) electrons. The summed E-state index contributed by atoms with van der Waals surface area (Å²) in [6.07, 6.45) is 0. The maximum Gasteiger partial charge on any atom is 0.245 e. The monoisotopic (exact) mass is 415 g/mol. The van der Waals surface area contributed by atoms with Crippen LogP contribution < -0.4 is 11.2 Å². The smallest absolute Gasteiger partial charge is 0.245 e. The van der Waals surface area contributed by atoms with Crippen LogP contribution in [0.4, 0.5) is 11.5 Å². The lowest BCUT2D eigenvalue weighted by Crippen LogP contribution is -2.13.